The molecule has 278 valence electrons. The summed E-state index contributed by atoms with van der Waals surface area (Å²) >= 11 is 0. The average Bonchev–Trinajstić information content (AvgIpc) is 4.03. The number of aromatic nitrogens is 3. The van der Waals surface area contributed by atoms with Crippen molar-refractivity contribution in [3.63, 3.8) is 0 Å². The second kappa shape index (κ2) is 15.4. The summed E-state index contributed by atoms with van der Waals surface area (Å²) in [6.45, 7) is 2.49. The van der Waals surface area contributed by atoms with E-state index in [1.54, 1.807) is 35.4 Å². The van der Waals surface area contributed by atoms with Crippen LogP contribution in [0.1, 0.15) is 61.6 Å². The molecule has 0 bridgehead atoms. The van der Waals surface area contributed by atoms with Gasteiger partial charge < -0.3 is 29.8 Å². The predicted octanol–water partition coefficient (Wildman–Crippen LogP) is 6.60. The van der Waals surface area contributed by atoms with E-state index in [0.717, 1.165) is 40.8 Å². The zero-order valence-corrected chi connectivity index (χ0v) is 30.4. The van der Waals surface area contributed by atoms with Crippen LogP contribution in [0.5, 0.6) is 0 Å². The largest absolute Gasteiger partial charge is 0.436 e. The minimum atomic E-state index is -0.885. The molecule has 8 rings (SSSR count). The van der Waals surface area contributed by atoms with Crippen molar-refractivity contribution >= 4 is 40.3 Å². The number of fused-ring (bicyclic) bond motifs is 1. The zero-order valence-electron chi connectivity index (χ0n) is 30.4. The lowest BCUT2D eigenvalue weighted by molar-refractivity contribution is -0.140. The zero-order chi connectivity index (χ0) is 37.9. The normalized spacial score (nSPS) is 17.3. The third-order valence-corrected chi connectivity index (χ3v) is 10.3. The van der Waals surface area contributed by atoms with Crippen LogP contribution in [-0.4, -0.2) is 67.5 Å². The molecular weight excluding hydrogens is 695 g/mol. The van der Waals surface area contributed by atoms with E-state index in [1.807, 2.05) is 83.8 Å². The highest BCUT2D eigenvalue weighted by Crippen LogP contribution is 2.34. The number of amides is 4. The average molecular weight is 736 g/mol. The van der Waals surface area contributed by atoms with Gasteiger partial charge in [0, 0.05) is 36.8 Å². The molecule has 0 radical (unpaired) electrons. The van der Waals surface area contributed by atoms with E-state index in [-0.39, 0.29) is 29.7 Å². The van der Waals surface area contributed by atoms with Crippen LogP contribution in [-0.2, 0) is 25.6 Å². The number of likely N-dealkylation sites (tertiary alicyclic amines) is 2. The number of carbonyl (C=O) groups excluding carboxylic acids is 4. The van der Waals surface area contributed by atoms with E-state index in [4.69, 9.17) is 9.40 Å². The molecule has 2 fully saturated rings. The molecule has 55 heavy (non-hydrogen) atoms. The fraction of sp³-hybridized carbons (Fsp3) is 0.256. The lowest BCUT2D eigenvalue weighted by atomic mass is 10.0. The van der Waals surface area contributed by atoms with Gasteiger partial charge >= 0.3 is 0 Å². The number of hydrogen-bond acceptors (Lipinski definition) is 7. The summed E-state index contributed by atoms with van der Waals surface area (Å²) in [5.74, 6) is 0.864. The Hall–Kier alpha value is -6.56. The molecule has 4 amide bonds. The van der Waals surface area contributed by atoms with Gasteiger partial charge in [-0.3, -0.25) is 19.2 Å². The van der Waals surface area contributed by atoms with Crippen molar-refractivity contribution in [1.82, 2.24) is 30.1 Å². The number of anilines is 1. The van der Waals surface area contributed by atoms with E-state index in [9.17, 15) is 19.2 Å². The number of nitrogens with zero attached hydrogens (tertiary/aromatic N) is 4. The predicted molar refractivity (Wildman–Crippen MR) is 207 cm³/mol. The number of rotatable bonds is 10. The lowest BCUT2D eigenvalue weighted by Gasteiger charge is -2.28. The smallest absolute Gasteiger partial charge is 0.250 e. The Balaban J connectivity index is 0.949. The van der Waals surface area contributed by atoms with E-state index in [0.29, 0.717) is 60.8 Å². The first-order valence-corrected chi connectivity index (χ1v) is 18.6. The van der Waals surface area contributed by atoms with E-state index in [2.05, 4.69) is 20.6 Å². The van der Waals surface area contributed by atoms with Gasteiger partial charge in [0.25, 0.3) is 0 Å². The number of nitrogens with one attached hydrogen (secondary N) is 3. The van der Waals surface area contributed by atoms with Crippen LogP contribution in [0.25, 0.3) is 33.8 Å². The summed E-state index contributed by atoms with van der Waals surface area (Å²) in [5, 5.41) is 5.74. The second-order valence-corrected chi connectivity index (χ2v) is 14.1. The summed E-state index contributed by atoms with van der Waals surface area (Å²) < 4.78 is 6.23. The first-order valence-electron chi connectivity index (χ1n) is 18.6. The Labute approximate surface area is 318 Å². The fourth-order valence-electron chi connectivity index (χ4n) is 7.66. The van der Waals surface area contributed by atoms with Gasteiger partial charge in [0.2, 0.25) is 29.5 Å². The molecule has 3 N–H and O–H groups in total. The van der Waals surface area contributed by atoms with Crippen molar-refractivity contribution in [3.8, 4) is 22.8 Å². The third kappa shape index (κ3) is 7.61. The van der Waals surface area contributed by atoms with Gasteiger partial charge in [-0.15, -0.1) is 0 Å². The number of oxazole rings is 1. The Morgan fingerprint density at radius 3 is 2.42 bits per heavy atom. The SMILES string of the molecule is CC(=O)N[C@@H](C(=O)N1CCC[C@H]1C(=O)Nc1cccc(-c2ncc(-c3ccc4nc([C@@H]5CCCN5C(=O)Cc5ccccc5)[nH]c4c3)o2)c1)c1ccccc1. The van der Waals surface area contributed by atoms with Gasteiger partial charge in [-0.1, -0.05) is 66.7 Å². The number of hydrogen-bond donors (Lipinski definition) is 3. The number of aromatic amines is 1. The molecular formula is C43H41N7O5. The molecule has 0 aliphatic carbocycles. The van der Waals surface area contributed by atoms with Gasteiger partial charge in [-0.05, 0) is 73.2 Å². The quantitative estimate of drug-likeness (QED) is 0.143. The van der Waals surface area contributed by atoms with Crippen molar-refractivity contribution < 1.29 is 23.6 Å². The molecule has 2 saturated heterocycles. The van der Waals surface area contributed by atoms with Crippen LogP contribution >= 0.6 is 0 Å². The van der Waals surface area contributed by atoms with E-state index >= 15 is 0 Å². The van der Waals surface area contributed by atoms with Gasteiger partial charge in [0.15, 0.2) is 5.76 Å². The van der Waals surface area contributed by atoms with E-state index < -0.39 is 12.1 Å². The topological polar surface area (TPSA) is 154 Å². The Morgan fingerprint density at radius 2 is 1.62 bits per heavy atom. The summed E-state index contributed by atoms with van der Waals surface area (Å²) in [6.07, 6.45) is 4.98. The fourth-order valence-corrected chi connectivity index (χ4v) is 7.66. The van der Waals surface area contributed by atoms with Crippen LogP contribution < -0.4 is 10.6 Å². The lowest BCUT2D eigenvalue weighted by Crippen LogP contribution is -2.48. The van der Waals surface area contributed by atoms with Crippen LogP contribution in [0, 0.1) is 0 Å². The molecule has 2 aromatic heterocycles. The van der Waals surface area contributed by atoms with Crippen molar-refractivity contribution in [2.45, 2.75) is 57.2 Å². The highest BCUT2D eigenvalue weighted by atomic mass is 16.4. The summed E-state index contributed by atoms with van der Waals surface area (Å²) in [6, 6.07) is 30.2. The van der Waals surface area contributed by atoms with Crippen LogP contribution in [0.4, 0.5) is 5.69 Å². The highest BCUT2D eigenvalue weighted by Gasteiger charge is 2.38. The maximum atomic E-state index is 13.7. The number of carbonyl (C=O) groups is 4. The van der Waals surface area contributed by atoms with Crippen molar-refractivity contribution in [2.24, 2.45) is 0 Å². The highest BCUT2D eigenvalue weighted by molar-refractivity contribution is 5.99. The first kappa shape index (κ1) is 35.5. The number of benzene rings is 4. The van der Waals surface area contributed by atoms with Crippen LogP contribution in [0.15, 0.2) is 114 Å². The van der Waals surface area contributed by atoms with Gasteiger partial charge in [0.1, 0.15) is 17.9 Å². The summed E-state index contributed by atoms with van der Waals surface area (Å²) in [4.78, 5) is 69.0. The van der Waals surface area contributed by atoms with Crippen molar-refractivity contribution in [2.75, 3.05) is 18.4 Å². The molecule has 4 heterocycles. The van der Waals surface area contributed by atoms with E-state index in [1.165, 1.54) is 6.92 Å². The first-order chi connectivity index (χ1) is 26.8. The van der Waals surface area contributed by atoms with Crippen LogP contribution in [0.2, 0.25) is 0 Å². The monoisotopic (exact) mass is 735 g/mol. The van der Waals surface area contributed by atoms with Gasteiger partial charge in [0.05, 0.1) is 29.7 Å². The standard InChI is InChI=1S/C43H41N7O5/c1-27(51)45-39(29-13-6-3-7-14-29)43(54)50-22-10-18-36(50)41(53)46-32-16-8-15-31(24-32)42-44-26-37(55-42)30-19-20-33-34(25-30)48-40(47-33)35-17-9-21-49(35)38(52)23-28-11-4-2-5-12-28/h2-8,11-16,19-20,24-26,35-36,39H,9-10,17-18,21-23H2,1H3,(H,45,51)(H,46,53)(H,47,48)/t35-,36-,39+/m0/s1. The van der Waals surface area contributed by atoms with Crippen molar-refractivity contribution in [1.29, 1.82) is 0 Å². The molecule has 12 heteroatoms. The molecule has 0 spiro atoms. The Morgan fingerprint density at radius 1 is 0.855 bits per heavy atom. The Kier molecular flexibility index (Phi) is 9.95. The molecule has 12 nitrogen and oxygen atoms in total. The van der Waals surface area contributed by atoms with Crippen molar-refractivity contribution in [3.05, 3.63) is 126 Å². The molecule has 2 aliphatic heterocycles. The minimum Gasteiger partial charge on any atom is -0.436 e. The number of imidazole rings is 1. The molecule has 0 unspecified atom stereocenters. The van der Waals surface area contributed by atoms with Gasteiger partial charge in [-0.25, -0.2) is 9.97 Å². The molecule has 2 aliphatic rings. The maximum absolute atomic E-state index is 13.7. The summed E-state index contributed by atoms with van der Waals surface area (Å²) in [5.41, 5.74) is 5.32. The second-order valence-electron chi connectivity index (χ2n) is 14.1. The third-order valence-electron chi connectivity index (χ3n) is 10.3. The summed E-state index contributed by atoms with van der Waals surface area (Å²) in [7, 11) is 0. The molecule has 4 aromatic carbocycles. The molecule has 6 aromatic rings. The number of H-pyrrole nitrogens is 1. The van der Waals surface area contributed by atoms with Gasteiger partial charge in [-0.2, -0.15) is 0 Å². The maximum Gasteiger partial charge on any atom is 0.250 e. The minimum absolute atomic E-state index is 0.0963. The Bertz CT molecular complexity index is 2360. The molecule has 3 atom stereocenters. The molecule has 0 saturated carbocycles. The van der Waals surface area contributed by atoms with Crippen LogP contribution in [0.3, 0.4) is 0 Å².